The van der Waals surface area contributed by atoms with Crippen LogP contribution >= 0.6 is 0 Å². The van der Waals surface area contributed by atoms with Crippen molar-refractivity contribution in [2.24, 2.45) is 7.05 Å². The Morgan fingerprint density at radius 1 is 1.43 bits per heavy atom. The van der Waals surface area contributed by atoms with E-state index in [0.29, 0.717) is 0 Å². The minimum Gasteiger partial charge on any atom is -0.496 e. The second kappa shape index (κ2) is 3.54. The molecule has 0 aliphatic rings. The van der Waals surface area contributed by atoms with Crippen molar-refractivity contribution in [1.29, 1.82) is 0 Å². The zero-order valence-electron chi connectivity index (χ0n) is 8.19. The van der Waals surface area contributed by atoms with Gasteiger partial charge in [-0.25, -0.2) is 4.98 Å². The molecule has 0 saturated carbocycles. The number of rotatable bonds is 2. The highest BCUT2D eigenvalue weighted by Gasteiger charge is 2.02. The fourth-order valence-corrected chi connectivity index (χ4v) is 1.32. The molecule has 2 rings (SSSR count). The molecular weight excluding hydrogens is 176 g/mol. The molecule has 0 spiro atoms. The molecule has 14 heavy (non-hydrogen) atoms. The lowest BCUT2D eigenvalue weighted by molar-refractivity contribution is 0.414. The molecule has 0 unspecified atom stereocenters. The van der Waals surface area contributed by atoms with Crippen LogP contribution in [0.3, 0.4) is 0 Å². The van der Waals surface area contributed by atoms with Gasteiger partial charge < -0.3 is 9.30 Å². The van der Waals surface area contributed by atoms with E-state index < -0.39 is 0 Å². The van der Waals surface area contributed by atoms with Crippen LogP contribution in [0.2, 0.25) is 0 Å². The molecule has 0 atom stereocenters. The van der Waals surface area contributed by atoms with Crippen LogP contribution in [0.25, 0.3) is 11.4 Å². The lowest BCUT2D eigenvalue weighted by atomic mass is 10.2. The van der Waals surface area contributed by atoms with Crippen molar-refractivity contribution >= 4 is 0 Å². The molecule has 1 radical (unpaired) electrons. The second-order valence-electron chi connectivity index (χ2n) is 3.01. The molecule has 2 aromatic rings. The Hall–Kier alpha value is -1.77. The van der Waals surface area contributed by atoms with Gasteiger partial charge in [-0.3, -0.25) is 0 Å². The average molecular weight is 187 g/mol. The molecule has 1 heterocycles. The average Bonchev–Trinajstić information content (AvgIpc) is 2.65. The zero-order chi connectivity index (χ0) is 9.97. The maximum absolute atomic E-state index is 5.03. The van der Waals surface area contributed by atoms with Gasteiger partial charge in [-0.2, -0.15) is 0 Å². The van der Waals surface area contributed by atoms with Crippen molar-refractivity contribution in [1.82, 2.24) is 9.55 Å². The number of aryl methyl sites for hydroxylation is 1. The first kappa shape index (κ1) is 8.81. The Labute approximate surface area is 83.0 Å². The van der Waals surface area contributed by atoms with Crippen LogP contribution in [-0.4, -0.2) is 16.7 Å². The summed E-state index contributed by atoms with van der Waals surface area (Å²) in [5.74, 6) is 1.67. The number of nitrogens with zero attached hydrogens (tertiary/aromatic N) is 2. The molecular formula is C11H11N2O. The van der Waals surface area contributed by atoms with E-state index in [-0.39, 0.29) is 0 Å². The monoisotopic (exact) mass is 187 g/mol. The fraction of sp³-hybridized carbons (Fsp3) is 0.182. The Bertz CT molecular complexity index is 417. The molecule has 3 nitrogen and oxygen atoms in total. The minimum atomic E-state index is 0.739. The van der Waals surface area contributed by atoms with Gasteiger partial charge in [0.1, 0.15) is 11.6 Å². The van der Waals surface area contributed by atoms with Crippen molar-refractivity contribution in [3.63, 3.8) is 0 Å². The maximum Gasteiger partial charge on any atom is 0.139 e. The van der Waals surface area contributed by atoms with E-state index in [1.54, 1.807) is 13.3 Å². The molecule has 0 aliphatic heterocycles. The van der Waals surface area contributed by atoms with E-state index in [1.807, 2.05) is 36.0 Å². The first-order chi connectivity index (χ1) is 6.81. The molecule has 0 fully saturated rings. The lowest BCUT2D eigenvalue weighted by Crippen LogP contribution is -1.91. The predicted molar refractivity (Wildman–Crippen MR) is 54.0 cm³/mol. The highest BCUT2D eigenvalue weighted by molar-refractivity contribution is 5.56. The van der Waals surface area contributed by atoms with Crippen LogP contribution in [0, 0.1) is 6.07 Å². The van der Waals surface area contributed by atoms with Gasteiger partial charge in [0.05, 0.1) is 7.11 Å². The molecule has 0 aliphatic carbocycles. The van der Waals surface area contributed by atoms with Crippen molar-refractivity contribution in [2.45, 2.75) is 0 Å². The summed E-state index contributed by atoms with van der Waals surface area (Å²) in [4.78, 5) is 4.24. The van der Waals surface area contributed by atoms with Gasteiger partial charge in [0.15, 0.2) is 0 Å². The predicted octanol–water partition coefficient (Wildman–Crippen LogP) is 1.90. The smallest absolute Gasteiger partial charge is 0.139 e. The quantitative estimate of drug-likeness (QED) is 0.718. The standard InChI is InChI=1S/C11H11N2O/c1-13-8-7-12-11(13)9-3-5-10(14-2)6-4-9/h3-5,7-8H,1-2H3. The highest BCUT2D eigenvalue weighted by Crippen LogP contribution is 2.19. The first-order valence-electron chi connectivity index (χ1n) is 4.34. The summed E-state index contributed by atoms with van der Waals surface area (Å²) >= 11 is 0. The van der Waals surface area contributed by atoms with Gasteiger partial charge in [0, 0.05) is 31.1 Å². The molecule has 1 aromatic heterocycles. The van der Waals surface area contributed by atoms with Crippen LogP contribution < -0.4 is 4.74 Å². The molecule has 0 amide bonds. The van der Waals surface area contributed by atoms with E-state index in [4.69, 9.17) is 4.74 Å². The van der Waals surface area contributed by atoms with Crippen molar-refractivity contribution in [3.05, 3.63) is 36.7 Å². The third-order valence-electron chi connectivity index (χ3n) is 2.08. The van der Waals surface area contributed by atoms with E-state index >= 15 is 0 Å². The number of hydrogen-bond acceptors (Lipinski definition) is 2. The van der Waals surface area contributed by atoms with Crippen LogP contribution in [-0.2, 0) is 7.05 Å². The van der Waals surface area contributed by atoms with Crippen LogP contribution in [0.15, 0.2) is 30.6 Å². The van der Waals surface area contributed by atoms with Gasteiger partial charge in [-0.05, 0) is 18.2 Å². The molecule has 0 N–H and O–H groups in total. The zero-order valence-corrected chi connectivity index (χ0v) is 8.19. The number of benzene rings is 1. The highest BCUT2D eigenvalue weighted by atomic mass is 16.5. The van der Waals surface area contributed by atoms with Gasteiger partial charge >= 0.3 is 0 Å². The van der Waals surface area contributed by atoms with Crippen molar-refractivity contribution < 1.29 is 4.74 Å². The molecule has 0 saturated heterocycles. The Morgan fingerprint density at radius 3 is 2.79 bits per heavy atom. The summed E-state index contributed by atoms with van der Waals surface area (Å²) in [5.41, 5.74) is 1.04. The van der Waals surface area contributed by atoms with E-state index in [0.717, 1.165) is 17.1 Å². The molecule has 0 bridgehead atoms. The third-order valence-corrected chi connectivity index (χ3v) is 2.08. The SMILES string of the molecule is COc1[c]cc(-c2nccn2C)cc1. The van der Waals surface area contributed by atoms with Crippen LogP contribution in [0.4, 0.5) is 0 Å². The van der Waals surface area contributed by atoms with Crippen LogP contribution in [0.1, 0.15) is 0 Å². The Morgan fingerprint density at radius 2 is 2.29 bits per heavy atom. The first-order valence-corrected chi connectivity index (χ1v) is 4.34. The summed E-state index contributed by atoms with van der Waals surface area (Å²) in [6.45, 7) is 0. The van der Waals surface area contributed by atoms with E-state index in [9.17, 15) is 0 Å². The molecule has 3 heteroatoms. The molecule has 71 valence electrons. The lowest BCUT2D eigenvalue weighted by Gasteiger charge is -2.02. The second-order valence-corrected chi connectivity index (χ2v) is 3.01. The summed E-state index contributed by atoms with van der Waals surface area (Å²) in [7, 11) is 3.60. The van der Waals surface area contributed by atoms with Gasteiger partial charge in [0.25, 0.3) is 0 Å². The number of aromatic nitrogens is 2. The van der Waals surface area contributed by atoms with Gasteiger partial charge in [0.2, 0.25) is 0 Å². The van der Waals surface area contributed by atoms with Crippen molar-refractivity contribution in [2.75, 3.05) is 7.11 Å². The normalized spacial score (nSPS) is 10.1. The largest absolute Gasteiger partial charge is 0.496 e. The fourth-order valence-electron chi connectivity index (χ4n) is 1.32. The third kappa shape index (κ3) is 1.48. The van der Waals surface area contributed by atoms with Crippen LogP contribution in [0.5, 0.6) is 5.75 Å². The van der Waals surface area contributed by atoms with Gasteiger partial charge in [-0.15, -0.1) is 0 Å². The summed E-state index contributed by atoms with van der Waals surface area (Å²) in [6.07, 6.45) is 3.69. The maximum atomic E-state index is 5.03. The number of ether oxygens (including phenoxy) is 1. The Kier molecular flexibility index (Phi) is 2.23. The number of hydrogen-bond donors (Lipinski definition) is 0. The van der Waals surface area contributed by atoms with Crippen molar-refractivity contribution in [3.8, 4) is 17.1 Å². The summed E-state index contributed by atoms with van der Waals surface area (Å²) in [5, 5.41) is 0. The number of methoxy groups -OCH3 is 1. The number of imidazole rings is 1. The summed E-state index contributed by atoms with van der Waals surface area (Å²) in [6, 6.07) is 8.75. The Balaban J connectivity index is 2.39. The topological polar surface area (TPSA) is 27.1 Å². The summed E-state index contributed by atoms with van der Waals surface area (Å²) < 4.78 is 7.00. The van der Waals surface area contributed by atoms with E-state index in [2.05, 4.69) is 11.1 Å². The molecule has 1 aromatic carbocycles. The minimum absolute atomic E-state index is 0.739. The van der Waals surface area contributed by atoms with E-state index in [1.165, 1.54) is 0 Å². The van der Waals surface area contributed by atoms with Gasteiger partial charge in [-0.1, -0.05) is 0 Å².